The molecule has 0 bridgehead atoms. The molecule has 1 saturated carbocycles. The molecule has 1 heterocycles. The molecule has 0 atom stereocenters. The smallest absolute Gasteiger partial charge is 0.241 e. The van der Waals surface area contributed by atoms with E-state index in [4.69, 9.17) is 11.6 Å². The van der Waals surface area contributed by atoms with Crippen LogP contribution in [0, 0.1) is 5.82 Å². The Morgan fingerprint density at radius 3 is 2.76 bits per heavy atom. The van der Waals surface area contributed by atoms with Crippen LogP contribution in [0.15, 0.2) is 23.4 Å². The maximum atomic E-state index is 13.5. The third-order valence-electron chi connectivity index (χ3n) is 2.54. The highest BCUT2D eigenvalue weighted by molar-refractivity contribution is 7.89. The lowest BCUT2D eigenvalue weighted by molar-refractivity contribution is 0.415. The molecule has 7 heteroatoms. The summed E-state index contributed by atoms with van der Waals surface area (Å²) in [6.45, 7) is 0.185. The van der Waals surface area contributed by atoms with Crippen molar-refractivity contribution >= 4 is 21.6 Å². The molecule has 0 saturated heterocycles. The van der Waals surface area contributed by atoms with E-state index in [2.05, 4.69) is 4.98 Å². The number of halogens is 2. The Balaban J connectivity index is 2.37. The fourth-order valence-electron chi connectivity index (χ4n) is 1.62. The molecule has 0 aliphatic heterocycles. The van der Waals surface area contributed by atoms with Crippen molar-refractivity contribution in [1.82, 2.24) is 9.29 Å². The zero-order valence-electron chi connectivity index (χ0n) is 9.01. The van der Waals surface area contributed by atoms with E-state index in [-0.39, 0.29) is 18.5 Å². The van der Waals surface area contributed by atoms with E-state index >= 15 is 0 Å². The molecule has 4 nitrogen and oxygen atoms in total. The highest BCUT2D eigenvalue weighted by Gasteiger charge is 2.39. The van der Waals surface area contributed by atoms with Gasteiger partial charge in [-0.25, -0.2) is 17.8 Å². The topological polar surface area (TPSA) is 50.3 Å². The molecule has 2 rings (SSSR count). The molecule has 1 fully saturated rings. The SMILES string of the molecule is O=S(=O)(c1ncccc1F)N(CCCl)C1CC1. The average molecular weight is 279 g/mol. The zero-order valence-corrected chi connectivity index (χ0v) is 10.6. The molecule has 94 valence electrons. The van der Waals surface area contributed by atoms with Crippen molar-refractivity contribution in [1.29, 1.82) is 0 Å². The number of rotatable bonds is 5. The Kier molecular flexibility index (Phi) is 3.65. The van der Waals surface area contributed by atoms with Crippen LogP contribution in [0.1, 0.15) is 12.8 Å². The van der Waals surface area contributed by atoms with Gasteiger partial charge in [-0.15, -0.1) is 11.6 Å². The maximum absolute atomic E-state index is 13.5. The lowest BCUT2D eigenvalue weighted by atomic mass is 10.5. The standard InChI is InChI=1S/C10H12ClFN2O2S/c11-5-7-14(8-3-4-8)17(15,16)10-9(12)2-1-6-13-10/h1-2,6,8H,3-5,7H2. The van der Waals surface area contributed by atoms with Crippen molar-refractivity contribution < 1.29 is 12.8 Å². The van der Waals surface area contributed by atoms with Gasteiger partial charge in [-0.1, -0.05) is 0 Å². The predicted octanol–water partition coefficient (Wildman–Crippen LogP) is 1.61. The monoisotopic (exact) mass is 278 g/mol. The molecule has 0 amide bonds. The van der Waals surface area contributed by atoms with Crippen LogP contribution in [-0.2, 0) is 10.0 Å². The van der Waals surface area contributed by atoms with Gasteiger partial charge in [0.2, 0.25) is 5.03 Å². The summed E-state index contributed by atoms with van der Waals surface area (Å²) in [5, 5.41) is -0.517. The van der Waals surface area contributed by atoms with Crippen molar-refractivity contribution in [3.8, 4) is 0 Å². The van der Waals surface area contributed by atoms with Crippen molar-refractivity contribution in [3.05, 3.63) is 24.1 Å². The minimum Gasteiger partial charge on any atom is -0.241 e. The van der Waals surface area contributed by atoms with Crippen molar-refractivity contribution in [2.24, 2.45) is 0 Å². The van der Waals surface area contributed by atoms with Gasteiger partial charge in [0, 0.05) is 24.7 Å². The highest BCUT2D eigenvalue weighted by Crippen LogP contribution is 2.31. The van der Waals surface area contributed by atoms with Crippen LogP contribution < -0.4 is 0 Å². The van der Waals surface area contributed by atoms with Crippen LogP contribution in [0.4, 0.5) is 4.39 Å². The second-order valence-corrected chi connectivity index (χ2v) is 6.01. The minimum atomic E-state index is -3.87. The van der Waals surface area contributed by atoms with Gasteiger partial charge in [0.1, 0.15) is 0 Å². The van der Waals surface area contributed by atoms with Gasteiger partial charge in [0.15, 0.2) is 5.82 Å². The quantitative estimate of drug-likeness (QED) is 0.769. The fraction of sp³-hybridized carbons (Fsp3) is 0.500. The first kappa shape index (κ1) is 12.7. The van der Waals surface area contributed by atoms with Gasteiger partial charge >= 0.3 is 0 Å². The van der Waals surface area contributed by atoms with E-state index in [9.17, 15) is 12.8 Å². The van der Waals surface area contributed by atoms with Gasteiger partial charge in [-0.3, -0.25) is 0 Å². The largest absolute Gasteiger partial charge is 0.263 e. The molecular weight excluding hydrogens is 267 g/mol. The van der Waals surface area contributed by atoms with Crippen molar-refractivity contribution in [2.75, 3.05) is 12.4 Å². The van der Waals surface area contributed by atoms with Crippen LogP contribution in [0.3, 0.4) is 0 Å². The first-order valence-electron chi connectivity index (χ1n) is 5.25. The van der Waals surface area contributed by atoms with Gasteiger partial charge in [-0.05, 0) is 25.0 Å². The summed E-state index contributed by atoms with van der Waals surface area (Å²) in [6.07, 6.45) is 2.86. The first-order chi connectivity index (χ1) is 8.07. The molecule has 0 spiro atoms. The van der Waals surface area contributed by atoms with E-state index in [1.165, 1.54) is 16.6 Å². The van der Waals surface area contributed by atoms with E-state index in [0.29, 0.717) is 0 Å². The third-order valence-corrected chi connectivity index (χ3v) is 4.59. The third kappa shape index (κ3) is 2.59. The second-order valence-electron chi connectivity index (χ2n) is 3.83. The lowest BCUT2D eigenvalue weighted by Crippen LogP contribution is -2.35. The van der Waals surface area contributed by atoms with Gasteiger partial charge in [0.25, 0.3) is 10.0 Å². The normalized spacial score (nSPS) is 16.4. The number of pyridine rings is 1. The Bertz CT molecular complexity index is 505. The van der Waals surface area contributed by atoms with Crippen molar-refractivity contribution in [3.63, 3.8) is 0 Å². The summed E-state index contributed by atoms with van der Waals surface area (Å²) in [5.41, 5.74) is 0. The van der Waals surface area contributed by atoms with Gasteiger partial charge in [-0.2, -0.15) is 4.31 Å². The number of nitrogens with zero attached hydrogens (tertiary/aromatic N) is 2. The highest BCUT2D eigenvalue weighted by atomic mass is 35.5. The molecule has 0 aromatic carbocycles. The summed E-state index contributed by atoms with van der Waals surface area (Å²) in [6, 6.07) is 2.39. The Morgan fingerprint density at radius 2 is 2.24 bits per heavy atom. The van der Waals surface area contributed by atoms with Crippen LogP contribution in [0.5, 0.6) is 0 Å². The molecule has 17 heavy (non-hydrogen) atoms. The molecule has 1 aromatic rings. The average Bonchev–Trinajstić information content (AvgIpc) is 3.10. The molecule has 0 N–H and O–H groups in total. The summed E-state index contributed by atoms with van der Waals surface area (Å²) >= 11 is 5.58. The van der Waals surface area contributed by atoms with E-state index in [1.54, 1.807) is 0 Å². The molecule has 0 unspecified atom stereocenters. The molecule has 1 aromatic heterocycles. The van der Waals surface area contributed by atoms with Crippen molar-refractivity contribution in [2.45, 2.75) is 23.9 Å². The zero-order chi connectivity index (χ0) is 12.5. The lowest BCUT2D eigenvalue weighted by Gasteiger charge is -2.20. The Hall–Kier alpha value is -0.720. The molecule has 1 aliphatic carbocycles. The van der Waals surface area contributed by atoms with E-state index in [0.717, 1.165) is 18.9 Å². The Morgan fingerprint density at radius 1 is 1.53 bits per heavy atom. The van der Waals surface area contributed by atoms with Crippen LogP contribution >= 0.6 is 11.6 Å². The molecular formula is C10H12ClFN2O2S. The first-order valence-corrected chi connectivity index (χ1v) is 7.23. The summed E-state index contributed by atoms with van der Waals surface area (Å²) in [7, 11) is -3.87. The number of sulfonamides is 1. The van der Waals surface area contributed by atoms with Gasteiger partial charge < -0.3 is 0 Å². The summed E-state index contributed by atoms with van der Waals surface area (Å²) in [4.78, 5) is 3.62. The van der Waals surface area contributed by atoms with Crippen LogP contribution in [0.25, 0.3) is 0 Å². The molecule has 1 aliphatic rings. The van der Waals surface area contributed by atoms with Gasteiger partial charge in [0.05, 0.1) is 0 Å². The number of alkyl halides is 1. The number of aromatic nitrogens is 1. The second kappa shape index (κ2) is 4.88. The summed E-state index contributed by atoms with van der Waals surface area (Å²) in [5.74, 6) is -0.641. The Labute approximate surface area is 104 Å². The van der Waals surface area contributed by atoms with E-state index in [1.807, 2.05) is 0 Å². The number of hydrogen-bond donors (Lipinski definition) is 0. The number of hydrogen-bond acceptors (Lipinski definition) is 3. The maximum Gasteiger partial charge on any atom is 0.263 e. The van der Waals surface area contributed by atoms with E-state index < -0.39 is 20.9 Å². The molecule has 0 radical (unpaired) electrons. The minimum absolute atomic E-state index is 0.0554. The van der Waals surface area contributed by atoms with Crippen LogP contribution in [0.2, 0.25) is 0 Å². The fourth-order valence-corrected chi connectivity index (χ4v) is 3.56. The predicted molar refractivity (Wildman–Crippen MR) is 61.8 cm³/mol. The summed E-state index contributed by atoms with van der Waals surface area (Å²) < 4.78 is 39.1. The van der Waals surface area contributed by atoms with Crippen LogP contribution in [-0.4, -0.2) is 36.2 Å².